The Hall–Kier alpha value is -1.44. The molecule has 0 saturated heterocycles. The van der Waals surface area contributed by atoms with E-state index in [1.165, 1.54) is 29.9 Å². The van der Waals surface area contributed by atoms with E-state index >= 15 is 0 Å². The molecule has 1 heterocycles. The lowest BCUT2D eigenvalue weighted by Gasteiger charge is -2.16. The zero-order valence-corrected chi connectivity index (χ0v) is 16.9. The van der Waals surface area contributed by atoms with E-state index in [2.05, 4.69) is 4.98 Å². The zero-order valence-electron chi connectivity index (χ0n) is 14.6. The maximum atomic E-state index is 13.0. The fraction of sp³-hybridized carbons (Fsp3) is 0.438. The van der Waals surface area contributed by atoms with Crippen LogP contribution in [-0.4, -0.2) is 25.1 Å². The highest BCUT2D eigenvalue weighted by molar-refractivity contribution is 7.87. The number of ether oxygens (including phenoxy) is 1. The van der Waals surface area contributed by atoms with Gasteiger partial charge in [-0.3, -0.25) is 4.57 Å². The number of halogens is 2. The van der Waals surface area contributed by atoms with Crippen LogP contribution < -0.4 is 8.92 Å². The summed E-state index contributed by atoms with van der Waals surface area (Å²) < 4.78 is 38.0. The van der Waals surface area contributed by atoms with Crippen LogP contribution in [0.1, 0.15) is 45.3 Å². The number of methoxy groups -OCH3 is 1. The molecular formula is C16H20Cl2N2O4S. The summed E-state index contributed by atoms with van der Waals surface area (Å²) in [5.41, 5.74) is 0.374. The average molecular weight is 407 g/mol. The number of hydrogen-bond donors (Lipinski definition) is 0. The summed E-state index contributed by atoms with van der Waals surface area (Å²) in [6.45, 7) is 7.37. The fourth-order valence-corrected chi connectivity index (χ4v) is 4.38. The number of nitrogens with zero attached hydrogens (tertiary/aromatic N) is 2. The van der Waals surface area contributed by atoms with Gasteiger partial charge >= 0.3 is 10.1 Å². The molecule has 0 unspecified atom stereocenters. The molecule has 0 radical (unpaired) electrons. The number of imidazole rings is 1. The third kappa shape index (κ3) is 4.22. The number of aromatic nitrogens is 2. The Morgan fingerprint density at radius 1 is 1.08 bits per heavy atom. The van der Waals surface area contributed by atoms with Crippen molar-refractivity contribution in [2.24, 2.45) is 0 Å². The summed E-state index contributed by atoms with van der Waals surface area (Å²) in [7, 11) is -2.74. The lowest BCUT2D eigenvalue weighted by atomic mass is 10.1. The summed E-state index contributed by atoms with van der Waals surface area (Å²) in [5.74, 6) is -0.118. The molecule has 25 heavy (non-hydrogen) atoms. The van der Waals surface area contributed by atoms with Crippen LogP contribution in [0.2, 0.25) is 10.0 Å². The molecule has 138 valence electrons. The first kappa shape index (κ1) is 19.9. The highest BCUT2D eigenvalue weighted by atomic mass is 35.5. The predicted molar refractivity (Wildman–Crippen MR) is 97.5 cm³/mol. The van der Waals surface area contributed by atoms with E-state index in [-0.39, 0.29) is 38.8 Å². The molecule has 0 aliphatic carbocycles. The second-order valence-electron chi connectivity index (χ2n) is 6.05. The van der Waals surface area contributed by atoms with Crippen molar-refractivity contribution in [1.82, 2.24) is 9.55 Å². The van der Waals surface area contributed by atoms with E-state index in [0.717, 1.165) is 0 Å². The first-order valence-corrected chi connectivity index (χ1v) is 9.80. The van der Waals surface area contributed by atoms with Crippen LogP contribution >= 0.6 is 23.2 Å². The topological polar surface area (TPSA) is 70.4 Å². The first-order valence-electron chi connectivity index (χ1n) is 7.63. The first-order chi connectivity index (χ1) is 11.6. The molecular weight excluding hydrogens is 387 g/mol. The van der Waals surface area contributed by atoms with E-state index in [9.17, 15) is 8.42 Å². The molecule has 2 rings (SSSR count). The van der Waals surface area contributed by atoms with Gasteiger partial charge in [-0.15, -0.1) is 0 Å². The van der Waals surface area contributed by atoms with Crippen LogP contribution in [0.15, 0.2) is 23.2 Å². The summed E-state index contributed by atoms with van der Waals surface area (Å²) >= 11 is 11.8. The predicted octanol–water partition coefficient (Wildman–Crippen LogP) is 4.67. The van der Waals surface area contributed by atoms with E-state index < -0.39 is 10.1 Å². The molecule has 0 spiro atoms. The molecule has 2 aromatic rings. The second-order valence-corrected chi connectivity index (χ2v) is 8.38. The highest BCUT2D eigenvalue weighted by Crippen LogP contribution is 2.34. The Balaban J connectivity index is 2.63. The maximum absolute atomic E-state index is 13.0. The smallest absolute Gasteiger partial charge is 0.357 e. The van der Waals surface area contributed by atoms with Gasteiger partial charge in [0.15, 0.2) is 0 Å². The molecule has 1 aromatic heterocycles. The number of hydrogen-bond acceptors (Lipinski definition) is 5. The monoisotopic (exact) mass is 406 g/mol. The van der Waals surface area contributed by atoms with E-state index in [1.54, 1.807) is 0 Å². The molecule has 0 fully saturated rings. The lowest BCUT2D eigenvalue weighted by molar-refractivity contribution is 0.335. The van der Waals surface area contributed by atoms with Crippen molar-refractivity contribution >= 4 is 33.3 Å². The molecule has 0 aliphatic rings. The van der Waals surface area contributed by atoms with Crippen molar-refractivity contribution in [3.63, 3.8) is 0 Å². The van der Waals surface area contributed by atoms with Crippen LogP contribution in [0.5, 0.6) is 11.8 Å². The zero-order chi connectivity index (χ0) is 18.9. The van der Waals surface area contributed by atoms with Gasteiger partial charge < -0.3 is 8.92 Å². The van der Waals surface area contributed by atoms with Gasteiger partial charge in [0.05, 0.1) is 12.8 Å². The van der Waals surface area contributed by atoms with Gasteiger partial charge in [0, 0.05) is 28.2 Å². The largest absolute Gasteiger partial charge is 0.468 e. The molecule has 0 saturated carbocycles. The third-order valence-electron chi connectivity index (χ3n) is 3.38. The Morgan fingerprint density at radius 3 is 2.08 bits per heavy atom. The van der Waals surface area contributed by atoms with Gasteiger partial charge in [0.2, 0.25) is 5.03 Å². The quantitative estimate of drug-likeness (QED) is 0.651. The van der Waals surface area contributed by atoms with Crippen molar-refractivity contribution in [1.29, 1.82) is 0 Å². The van der Waals surface area contributed by atoms with Gasteiger partial charge in [0.1, 0.15) is 5.75 Å². The van der Waals surface area contributed by atoms with E-state index in [1.807, 2.05) is 27.7 Å². The van der Waals surface area contributed by atoms with Crippen molar-refractivity contribution < 1.29 is 17.3 Å². The lowest BCUT2D eigenvalue weighted by Crippen LogP contribution is -2.19. The molecule has 9 heteroatoms. The molecule has 1 aromatic carbocycles. The Labute approximate surface area is 157 Å². The molecule has 0 aliphatic heterocycles. The SMILES string of the molecule is COc1nc(C(C)C)c(S(=O)(=O)Oc2cc(Cl)cc(Cl)c2)n1C(C)C. The molecule has 0 amide bonds. The van der Waals surface area contributed by atoms with Gasteiger partial charge in [0.25, 0.3) is 6.01 Å². The Bertz CT molecular complexity index is 856. The van der Waals surface area contributed by atoms with Gasteiger partial charge in [-0.2, -0.15) is 13.4 Å². The normalized spacial score (nSPS) is 12.0. The van der Waals surface area contributed by atoms with Crippen LogP contribution in [-0.2, 0) is 10.1 Å². The Kier molecular flexibility index (Phi) is 5.91. The third-order valence-corrected chi connectivity index (χ3v) is 5.11. The summed E-state index contributed by atoms with van der Waals surface area (Å²) in [4.78, 5) is 4.32. The minimum Gasteiger partial charge on any atom is -0.468 e. The van der Waals surface area contributed by atoms with E-state index in [4.69, 9.17) is 32.1 Å². The minimum absolute atomic E-state index is 0.0303. The summed E-state index contributed by atoms with van der Waals surface area (Å²) in [5, 5.41) is 0.513. The van der Waals surface area contributed by atoms with Gasteiger partial charge in [-0.05, 0) is 25.8 Å². The van der Waals surface area contributed by atoms with Crippen LogP contribution in [0.4, 0.5) is 0 Å². The van der Waals surface area contributed by atoms with Crippen molar-refractivity contribution in [3.8, 4) is 11.8 Å². The number of benzene rings is 1. The summed E-state index contributed by atoms with van der Waals surface area (Å²) in [6.07, 6.45) is 0. The summed E-state index contributed by atoms with van der Waals surface area (Å²) in [6, 6.07) is 4.26. The molecule has 6 nitrogen and oxygen atoms in total. The van der Waals surface area contributed by atoms with E-state index in [0.29, 0.717) is 5.69 Å². The molecule has 0 N–H and O–H groups in total. The molecule has 0 atom stereocenters. The average Bonchev–Trinajstić information content (AvgIpc) is 2.86. The number of rotatable bonds is 6. The fourth-order valence-electron chi connectivity index (χ4n) is 2.38. The maximum Gasteiger partial charge on any atom is 0.357 e. The minimum atomic E-state index is -4.18. The van der Waals surface area contributed by atoms with Crippen molar-refractivity contribution in [2.75, 3.05) is 7.11 Å². The van der Waals surface area contributed by atoms with Crippen molar-refractivity contribution in [3.05, 3.63) is 33.9 Å². The van der Waals surface area contributed by atoms with Gasteiger partial charge in [-0.1, -0.05) is 37.0 Å². The Morgan fingerprint density at radius 2 is 1.64 bits per heavy atom. The standard InChI is InChI=1S/C16H20Cl2N2O4S/c1-9(2)14-15(20(10(3)4)16(19-14)23-5)25(21,22)24-13-7-11(17)6-12(18)8-13/h6-10H,1-5H3. The molecule has 0 bridgehead atoms. The van der Waals surface area contributed by atoms with Crippen LogP contribution in [0, 0.1) is 0 Å². The second kappa shape index (κ2) is 7.43. The van der Waals surface area contributed by atoms with Crippen LogP contribution in [0.3, 0.4) is 0 Å². The van der Waals surface area contributed by atoms with Gasteiger partial charge in [-0.25, -0.2) is 0 Å². The van der Waals surface area contributed by atoms with Crippen molar-refractivity contribution in [2.45, 2.75) is 44.7 Å². The van der Waals surface area contributed by atoms with Crippen LogP contribution in [0.25, 0.3) is 0 Å². The highest BCUT2D eigenvalue weighted by Gasteiger charge is 2.33.